The Kier molecular flexibility index (Phi) is 14.2. The van der Waals surface area contributed by atoms with E-state index in [9.17, 15) is 0 Å². The van der Waals surface area contributed by atoms with Crippen LogP contribution in [-0.2, 0) is 0 Å². The van der Waals surface area contributed by atoms with E-state index >= 15 is 0 Å². The molecule has 17 heavy (non-hydrogen) atoms. The zero-order valence-electron chi connectivity index (χ0n) is 11.4. The standard InChI is InChI=1S/C16H27N/c1-2-3-4-5-6-7-8-9-10-11-12-13-14-15-16-17/h2-13H2,1H3. The number of unbranched alkanes of at least 4 members (excludes halogenated alkanes) is 11. The second-order valence-corrected chi connectivity index (χ2v) is 4.70. The molecule has 0 aliphatic rings. The first kappa shape index (κ1) is 16.1. The Morgan fingerprint density at radius 1 is 0.706 bits per heavy atom. The summed E-state index contributed by atoms with van der Waals surface area (Å²) in [5.41, 5.74) is 0. The Hall–Kier alpha value is -0.950. The second kappa shape index (κ2) is 15.0. The van der Waals surface area contributed by atoms with Crippen LogP contribution in [0, 0.1) is 23.2 Å². The molecule has 0 aliphatic heterocycles. The van der Waals surface area contributed by atoms with E-state index in [2.05, 4.69) is 18.8 Å². The van der Waals surface area contributed by atoms with E-state index in [1.807, 2.05) is 6.07 Å². The molecule has 0 spiro atoms. The van der Waals surface area contributed by atoms with Gasteiger partial charge in [0.1, 0.15) is 0 Å². The van der Waals surface area contributed by atoms with E-state index in [4.69, 9.17) is 5.26 Å². The number of rotatable bonds is 11. The Morgan fingerprint density at radius 3 is 1.65 bits per heavy atom. The second-order valence-electron chi connectivity index (χ2n) is 4.70. The van der Waals surface area contributed by atoms with Crippen molar-refractivity contribution in [2.75, 3.05) is 0 Å². The molecule has 0 aliphatic carbocycles. The summed E-state index contributed by atoms with van der Waals surface area (Å²) in [5, 5.41) is 8.22. The van der Waals surface area contributed by atoms with Gasteiger partial charge in [-0.15, -0.1) is 0 Å². The normalized spacial score (nSPS) is 9.41. The van der Waals surface area contributed by atoms with Gasteiger partial charge in [0, 0.05) is 12.3 Å². The minimum Gasteiger partial charge on any atom is -0.183 e. The summed E-state index contributed by atoms with van der Waals surface area (Å²) in [7, 11) is 0. The van der Waals surface area contributed by atoms with E-state index in [-0.39, 0.29) is 0 Å². The molecule has 0 amide bonds. The quantitative estimate of drug-likeness (QED) is 0.355. The molecule has 0 saturated carbocycles. The van der Waals surface area contributed by atoms with Crippen LogP contribution in [0.25, 0.3) is 0 Å². The van der Waals surface area contributed by atoms with Crippen molar-refractivity contribution < 1.29 is 0 Å². The summed E-state index contributed by atoms with van der Waals surface area (Å²) in [6, 6.07) is 1.85. The maximum absolute atomic E-state index is 8.22. The highest BCUT2D eigenvalue weighted by molar-refractivity contribution is 5.16. The molecule has 0 aromatic heterocycles. The fraction of sp³-hybridized carbons (Fsp3) is 0.812. The molecule has 0 bridgehead atoms. The van der Waals surface area contributed by atoms with E-state index in [0.717, 1.165) is 12.8 Å². The lowest BCUT2D eigenvalue weighted by atomic mass is 10.1. The van der Waals surface area contributed by atoms with Crippen molar-refractivity contribution >= 4 is 0 Å². The van der Waals surface area contributed by atoms with Crippen molar-refractivity contribution in [3.8, 4) is 17.9 Å². The Bertz CT molecular complexity index is 238. The first-order valence-corrected chi connectivity index (χ1v) is 7.28. The van der Waals surface area contributed by atoms with Crippen LogP contribution in [0.3, 0.4) is 0 Å². The minimum absolute atomic E-state index is 0.893. The lowest BCUT2D eigenvalue weighted by Gasteiger charge is -2.01. The van der Waals surface area contributed by atoms with Crippen molar-refractivity contribution in [3.63, 3.8) is 0 Å². The Morgan fingerprint density at radius 2 is 1.18 bits per heavy atom. The molecule has 0 atom stereocenters. The van der Waals surface area contributed by atoms with Crippen molar-refractivity contribution in [1.82, 2.24) is 0 Å². The van der Waals surface area contributed by atoms with Crippen molar-refractivity contribution in [3.05, 3.63) is 0 Å². The smallest absolute Gasteiger partial charge is 0.152 e. The lowest BCUT2D eigenvalue weighted by molar-refractivity contribution is 0.551. The largest absolute Gasteiger partial charge is 0.183 e. The molecule has 0 aromatic rings. The molecular weight excluding hydrogens is 206 g/mol. The van der Waals surface area contributed by atoms with Gasteiger partial charge in [-0.3, -0.25) is 0 Å². The van der Waals surface area contributed by atoms with Crippen LogP contribution in [0.5, 0.6) is 0 Å². The monoisotopic (exact) mass is 233 g/mol. The maximum Gasteiger partial charge on any atom is 0.152 e. The molecule has 0 heterocycles. The summed E-state index contributed by atoms with van der Waals surface area (Å²) in [6.45, 7) is 2.26. The van der Waals surface area contributed by atoms with E-state index in [1.165, 1.54) is 64.2 Å². The fourth-order valence-electron chi connectivity index (χ4n) is 1.98. The highest BCUT2D eigenvalue weighted by Crippen LogP contribution is 2.11. The summed E-state index contributed by atoms with van der Waals surface area (Å²) in [6.07, 6.45) is 15.9. The zero-order chi connectivity index (χ0) is 12.6. The molecule has 0 rings (SSSR count). The molecule has 0 unspecified atom stereocenters. The Balaban J connectivity index is 2.97. The molecule has 1 nitrogen and oxygen atoms in total. The predicted molar refractivity (Wildman–Crippen MR) is 74.5 cm³/mol. The molecule has 96 valence electrons. The van der Waals surface area contributed by atoms with E-state index in [1.54, 1.807) is 0 Å². The van der Waals surface area contributed by atoms with Crippen LogP contribution in [0.4, 0.5) is 0 Å². The molecule has 0 radical (unpaired) electrons. The van der Waals surface area contributed by atoms with E-state index < -0.39 is 0 Å². The average molecular weight is 233 g/mol. The molecule has 0 aromatic carbocycles. The first-order valence-electron chi connectivity index (χ1n) is 7.28. The third-order valence-corrected chi connectivity index (χ3v) is 3.05. The van der Waals surface area contributed by atoms with Gasteiger partial charge < -0.3 is 0 Å². The molecule has 1 heteroatoms. The van der Waals surface area contributed by atoms with Gasteiger partial charge in [0.25, 0.3) is 0 Å². The zero-order valence-corrected chi connectivity index (χ0v) is 11.4. The molecule has 0 N–H and O–H groups in total. The van der Waals surface area contributed by atoms with Gasteiger partial charge in [0.05, 0.1) is 0 Å². The minimum atomic E-state index is 0.893. The highest BCUT2D eigenvalue weighted by atomic mass is 14.2. The first-order chi connectivity index (χ1) is 8.41. The summed E-state index contributed by atoms with van der Waals surface area (Å²) in [4.78, 5) is 0. The molecule has 0 saturated heterocycles. The molecular formula is C16H27N. The van der Waals surface area contributed by atoms with Crippen LogP contribution < -0.4 is 0 Å². The van der Waals surface area contributed by atoms with Crippen LogP contribution in [0.1, 0.15) is 84.0 Å². The number of nitrogens with zero attached hydrogens (tertiary/aromatic N) is 1. The topological polar surface area (TPSA) is 23.8 Å². The van der Waals surface area contributed by atoms with Gasteiger partial charge in [-0.2, -0.15) is 5.26 Å². The van der Waals surface area contributed by atoms with Gasteiger partial charge in [0.2, 0.25) is 0 Å². The van der Waals surface area contributed by atoms with Gasteiger partial charge in [-0.25, -0.2) is 0 Å². The third kappa shape index (κ3) is 15.1. The van der Waals surface area contributed by atoms with Gasteiger partial charge >= 0.3 is 0 Å². The SMILES string of the molecule is CCCCCCCCCCCCCC#CC#N. The number of hydrogen-bond acceptors (Lipinski definition) is 1. The van der Waals surface area contributed by atoms with Crippen molar-refractivity contribution in [2.45, 2.75) is 84.0 Å². The van der Waals surface area contributed by atoms with Crippen LogP contribution >= 0.6 is 0 Å². The fourth-order valence-corrected chi connectivity index (χ4v) is 1.98. The van der Waals surface area contributed by atoms with Crippen LogP contribution in [-0.4, -0.2) is 0 Å². The maximum atomic E-state index is 8.22. The number of hydrogen-bond donors (Lipinski definition) is 0. The van der Waals surface area contributed by atoms with Gasteiger partial charge in [-0.1, -0.05) is 77.1 Å². The third-order valence-electron chi connectivity index (χ3n) is 3.05. The lowest BCUT2D eigenvalue weighted by Crippen LogP contribution is -1.82. The number of nitriles is 1. The van der Waals surface area contributed by atoms with Crippen LogP contribution in [0.15, 0.2) is 0 Å². The average Bonchev–Trinajstić information content (AvgIpc) is 2.35. The Labute approximate surface area is 108 Å². The van der Waals surface area contributed by atoms with Gasteiger partial charge in [0.15, 0.2) is 6.07 Å². The molecule has 0 fully saturated rings. The van der Waals surface area contributed by atoms with Crippen LogP contribution in [0.2, 0.25) is 0 Å². The predicted octanol–water partition coefficient (Wildman–Crippen LogP) is 5.21. The highest BCUT2D eigenvalue weighted by Gasteiger charge is 1.92. The van der Waals surface area contributed by atoms with E-state index in [0.29, 0.717) is 0 Å². The summed E-state index contributed by atoms with van der Waals surface area (Å²) in [5.74, 6) is 5.29. The van der Waals surface area contributed by atoms with Crippen molar-refractivity contribution in [1.29, 1.82) is 5.26 Å². The summed E-state index contributed by atoms with van der Waals surface area (Å²) >= 11 is 0. The summed E-state index contributed by atoms with van der Waals surface area (Å²) < 4.78 is 0. The van der Waals surface area contributed by atoms with Gasteiger partial charge in [-0.05, 0) is 6.42 Å². The van der Waals surface area contributed by atoms with Crippen molar-refractivity contribution in [2.24, 2.45) is 0 Å².